The molecule has 0 atom stereocenters. The maximum atomic E-state index is 5.91. The predicted molar refractivity (Wildman–Crippen MR) is 70.4 cm³/mol. The maximum Gasteiger partial charge on any atom is 0.0733 e. The van der Waals surface area contributed by atoms with E-state index in [-0.39, 0.29) is 24.8 Å². The van der Waals surface area contributed by atoms with Crippen LogP contribution in [-0.4, -0.2) is 4.98 Å². The molecule has 15 heavy (non-hydrogen) atoms. The van der Waals surface area contributed by atoms with Crippen molar-refractivity contribution in [2.45, 2.75) is 6.92 Å². The van der Waals surface area contributed by atoms with Gasteiger partial charge in [0.25, 0.3) is 0 Å². The van der Waals surface area contributed by atoms with Crippen LogP contribution in [0.25, 0.3) is 10.9 Å². The number of rotatable bonds is 0. The number of hydrogen-bond donors (Lipinski definition) is 1. The molecule has 0 unspecified atom stereocenters. The van der Waals surface area contributed by atoms with Crippen molar-refractivity contribution in [3.05, 3.63) is 35.0 Å². The summed E-state index contributed by atoms with van der Waals surface area (Å²) in [6, 6.07) is 5.64. The van der Waals surface area contributed by atoms with Gasteiger partial charge in [-0.2, -0.15) is 0 Å². The fourth-order valence-electron chi connectivity index (χ4n) is 1.40. The smallest absolute Gasteiger partial charge is 0.0733 e. The lowest BCUT2D eigenvalue weighted by Gasteiger charge is -2.02. The van der Waals surface area contributed by atoms with Gasteiger partial charge in [0.05, 0.1) is 17.4 Å². The first-order valence-corrected chi connectivity index (χ1v) is 4.36. The normalized spacial score (nSPS) is 9.20. The number of aromatic nitrogens is 1. The third kappa shape index (κ3) is 2.88. The summed E-state index contributed by atoms with van der Waals surface area (Å²) in [5.74, 6) is 0. The third-order valence-corrected chi connectivity index (χ3v) is 2.18. The molecule has 82 valence electrons. The molecule has 0 fully saturated rings. The second kappa shape index (κ2) is 5.40. The van der Waals surface area contributed by atoms with E-state index in [4.69, 9.17) is 17.3 Å². The monoisotopic (exact) mass is 264 g/mol. The number of pyridine rings is 1. The molecule has 1 heterocycles. The second-order valence-corrected chi connectivity index (χ2v) is 3.50. The Morgan fingerprint density at radius 3 is 2.53 bits per heavy atom. The van der Waals surface area contributed by atoms with Crippen molar-refractivity contribution in [1.29, 1.82) is 0 Å². The number of nitrogens with zero attached hydrogens (tertiary/aromatic N) is 1. The Balaban J connectivity index is 0.000000980. The molecule has 0 aliphatic heterocycles. The summed E-state index contributed by atoms with van der Waals surface area (Å²) < 4.78 is 0. The van der Waals surface area contributed by atoms with Gasteiger partial charge in [0.1, 0.15) is 0 Å². The average Bonchev–Trinajstić information content (AvgIpc) is 2.02. The van der Waals surface area contributed by atoms with Gasteiger partial charge in [-0.15, -0.1) is 24.8 Å². The van der Waals surface area contributed by atoms with Crippen LogP contribution in [0.1, 0.15) is 5.56 Å². The molecule has 0 spiro atoms. The Hall–Kier alpha value is -0.700. The number of halogens is 3. The first kappa shape index (κ1) is 14.3. The molecule has 0 bridgehead atoms. The molecule has 0 aliphatic carbocycles. The molecule has 2 N–H and O–H groups in total. The highest BCUT2D eigenvalue weighted by Gasteiger charge is 2.00. The SMILES string of the molecule is Cc1cc(Cl)cc2cc(N)cnc12.Cl.Cl. The summed E-state index contributed by atoms with van der Waals surface area (Å²) in [5, 5.41) is 1.71. The van der Waals surface area contributed by atoms with Crippen LogP contribution in [0.4, 0.5) is 5.69 Å². The lowest BCUT2D eigenvalue weighted by molar-refractivity contribution is 1.37. The van der Waals surface area contributed by atoms with Gasteiger partial charge in [-0.3, -0.25) is 4.98 Å². The van der Waals surface area contributed by atoms with E-state index in [0.29, 0.717) is 5.69 Å². The molecule has 0 radical (unpaired) electrons. The van der Waals surface area contributed by atoms with Gasteiger partial charge < -0.3 is 5.73 Å². The van der Waals surface area contributed by atoms with Crippen LogP contribution in [-0.2, 0) is 0 Å². The van der Waals surface area contributed by atoms with E-state index in [2.05, 4.69) is 4.98 Å². The first-order valence-electron chi connectivity index (χ1n) is 3.98. The van der Waals surface area contributed by atoms with Crippen molar-refractivity contribution in [2.75, 3.05) is 5.73 Å². The predicted octanol–water partition coefficient (Wildman–Crippen LogP) is 3.62. The minimum absolute atomic E-state index is 0. The highest BCUT2D eigenvalue weighted by atomic mass is 35.5. The molecule has 2 rings (SSSR count). The van der Waals surface area contributed by atoms with Crippen LogP contribution in [0, 0.1) is 6.92 Å². The number of nitrogens with two attached hydrogens (primary N) is 1. The molecule has 0 saturated heterocycles. The standard InChI is InChI=1S/C10H9ClN2.2ClH/c1-6-2-8(11)3-7-4-9(12)5-13-10(6)7;;/h2-5H,12H2,1H3;2*1H. The number of aryl methyl sites for hydroxylation is 1. The van der Waals surface area contributed by atoms with Gasteiger partial charge >= 0.3 is 0 Å². The van der Waals surface area contributed by atoms with Crippen LogP contribution >= 0.6 is 36.4 Å². The summed E-state index contributed by atoms with van der Waals surface area (Å²) in [6.45, 7) is 1.98. The van der Waals surface area contributed by atoms with Gasteiger partial charge in [0.15, 0.2) is 0 Å². The van der Waals surface area contributed by atoms with Crippen molar-refractivity contribution in [3.63, 3.8) is 0 Å². The molecular formula is C10H11Cl3N2. The van der Waals surface area contributed by atoms with Crippen molar-refractivity contribution in [2.24, 2.45) is 0 Å². The zero-order chi connectivity index (χ0) is 9.42. The van der Waals surface area contributed by atoms with Crippen molar-refractivity contribution in [1.82, 2.24) is 4.98 Å². The lowest BCUT2D eigenvalue weighted by Crippen LogP contribution is -1.88. The van der Waals surface area contributed by atoms with E-state index >= 15 is 0 Å². The molecule has 1 aromatic heterocycles. The minimum atomic E-state index is 0. The zero-order valence-electron chi connectivity index (χ0n) is 8.03. The van der Waals surface area contributed by atoms with Crippen LogP contribution < -0.4 is 5.73 Å². The van der Waals surface area contributed by atoms with Crippen LogP contribution in [0.15, 0.2) is 24.4 Å². The molecule has 0 amide bonds. The topological polar surface area (TPSA) is 38.9 Å². The van der Waals surface area contributed by atoms with Crippen molar-refractivity contribution < 1.29 is 0 Å². The van der Waals surface area contributed by atoms with Crippen molar-refractivity contribution in [3.8, 4) is 0 Å². The highest BCUT2D eigenvalue weighted by Crippen LogP contribution is 2.22. The van der Waals surface area contributed by atoms with Crippen molar-refractivity contribution >= 4 is 53.0 Å². The van der Waals surface area contributed by atoms with E-state index < -0.39 is 0 Å². The Morgan fingerprint density at radius 2 is 1.87 bits per heavy atom. The fraction of sp³-hybridized carbons (Fsp3) is 0.100. The minimum Gasteiger partial charge on any atom is -0.397 e. The Morgan fingerprint density at radius 1 is 1.20 bits per heavy atom. The molecule has 1 aromatic carbocycles. The number of hydrogen-bond acceptors (Lipinski definition) is 2. The zero-order valence-corrected chi connectivity index (χ0v) is 10.4. The van der Waals surface area contributed by atoms with Crippen LogP contribution in [0.2, 0.25) is 5.02 Å². The molecule has 2 nitrogen and oxygen atoms in total. The maximum absolute atomic E-state index is 5.91. The summed E-state index contributed by atoms with van der Waals surface area (Å²) >= 11 is 5.91. The first-order chi connectivity index (χ1) is 6.16. The number of nitrogen functional groups attached to an aromatic ring is 1. The summed E-state index contributed by atoms with van der Waals surface area (Å²) in [6.07, 6.45) is 1.66. The molecular weight excluding hydrogens is 254 g/mol. The Labute approximate surface area is 106 Å². The summed E-state index contributed by atoms with van der Waals surface area (Å²) in [7, 11) is 0. The van der Waals surface area contributed by atoms with Gasteiger partial charge in [-0.25, -0.2) is 0 Å². The van der Waals surface area contributed by atoms with E-state index in [1.165, 1.54) is 0 Å². The average molecular weight is 266 g/mol. The highest BCUT2D eigenvalue weighted by molar-refractivity contribution is 6.31. The van der Waals surface area contributed by atoms with Crippen LogP contribution in [0.3, 0.4) is 0 Å². The Bertz CT molecular complexity index is 466. The molecule has 5 heteroatoms. The second-order valence-electron chi connectivity index (χ2n) is 3.06. The quantitative estimate of drug-likeness (QED) is 0.790. The fourth-order valence-corrected chi connectivity index (χ4v) is 1.68. The third-order valence-electron chi connectivity index (χ3n) is 1.96. The van der Waals surface area contributed by atoms with Gasteiger partial charge in [0, 0.05) is 10.4 Å². The summed E-state index contributed by atoms with van der Waals surface area (Å²) in [4.78, 5) is 4.24. The van der Waals surface area contributed by atoms with Gasteiger partial charge in [-0.1, -0.05) is 11.6 Å². The number of fused-ring (bicyclic) bond motifs is 1. The molecule has 0 aliphatic rings. The Kier molecular flexibility index (Phi) is 5.15. The van der Waals surface area contributed by atoms with E-state index in [9.17, 15) is 0 Å². The van der Waals surface area contributed by atoms with Gasteiger partial charge in [0.2, 0.25) is 0 Å². The van der Waals surface area contributed by atoms with E-state index in [1.54, 1.807) is 6.20 Å². The lowest BCUT2D eigenvalue weighted by atomic mass is 10.1. The number of anilines is 1. The van der Waals surface area contributed by atoms with Crippen LogP contribution in [0.5, 0.6) is 0 Å². The molecule has 2 aromatic rings. The van der Waals surface area contributed by atoms with E-state index in [0.717, 1.165) is 21.5 Å². The number of benzene rings is 1. The van der Waals surface area contributed by atoms with Gasteiger partial charge in [-0.05, 0) is 30.7 Å². The summed E-state index contributed by atoms with van der Waals surface area (Å²) in [5.41, 5.74) is 8.31. The largest absolute Gasteiger partial charge is 0.397 e. The van der Waals surface area contributed by atoms with E-state index in [1.807, 2.05) is 25.1 Å². The molecule has 0 saturated carbocycles.